The minimum Gasteiger partial charge on any atom is -0.462 e. The number of nitro benzene ring substituents is 1. The van der Waals surface area contributed by atoms with Crippen LogP contribution in [0.1, 0.15) is 35.7 Å². The van der Waals surface area contributed by atoms with Gasteiger partial charge in [-0.15, -0.1) is 0 Å². The summed E-state index contributed by atoms with van der Waals surface area (Å²) in [7, 11) is 0. The Hall–Kier alpha value is -3.22. The molecule has 0 saturated heterocycles. The molecular weight excluding hydrogens is 324 g/mol. The third-order valence-corrected chi connectivity index (χ3v) is 3.66. The first-order valence-corrected chi connectivity index (χ1v) is 7.74. The third kappa shape index (κ3) is 4.63. The van der Waals surface area contributed by atoms with Crippen molar-refractivity contribution in [3.05, 3.63) is 69.8 Å². The Morgan fingerprint density at radius 1 is 1.12 bits per heavy atom. The molecule has 0 aromatic heterocycles. The first-order chi connectivity index (χ1) is 11.9. The number of carbonyl (C=O) groups excluding carboxylic acids is 2. The molecule has 130 valence electrons. The number of benzene rings is 2. The summed E-state index contributed by atoms with van der Waals surface area (Å²) in [5.41, 5.74) is 1.60. The number of nitro groups is 1. The zero-order valence-corrected chi connectivity index (χ0v) is 13.9. The molecule has 25 heavy (non-hydrogen) atoms. The maximum absolute atomic E-state index is 12.3. The molecule has 0 spiro atoms. The molecule has 1 amide bonds. The van der Waals surface area contributed by atoms with Crippen LogP contribution in [0.5, 0.6) is 0 Å². The Morgan fingerprint density at radius 2 is 1.72 bits per heavy atom. The summed E-state index contributed by atoms with van der Waals surface area (Å²) in [5, 5.41) is 13.4. The van der Waals surface area contributed by atoms with Crippen LogP contribution < -0.4 is 5.32 Å². The predicted molar refractivity (Wildman–Crippen MR) is 92.5 cm³/mol. The zero-order valence-electron chi connectivity index (χ0n) is 13.9. The molecule has 0 bridgehead atoms. The van der Waals surface area contributed by atoms with E-state index in [4.69, 9.17) is 4.74 Å². The van der Waals surface area contributed by atoms with Crippen molar-refractivity contribution in [2.75, 3.05) is 11.9 Å². The fourth-order valence-electron chi connectivity index (χ4n) is 2.19. The summed E-state index contributed by atoms with van der Waals surface area (Å²) in [6, 6.07) is 12.2. The summed E-state index contributed by atoms with van der Waals surface area (Å²) in [5.74, 6) is -1.15. The number of rotatable bonds is 6. The number of nitrogens with zero attached hydrogens (tertiary/aromatic N) is 1. The minimum absolute atomic E-state index is 0.0223. The molecular formula is C18H18N2O5. The van der Waals surface area contributed by atoms with Gasteiger partial charge < -0.3 is 10.1 Å². The van der Waals surface area contributed by atoms with Gasteiger partial charge in [-0.2, -0.15) is 0 Å². The highest BCUT2D eigenvalue weighted by molar-refractivity contribution is 5.96. The van der Waals surface area contributed by atoms with Crippen LogP contribution in [-0.4, -0.2) is 23.4 Å². The highest BCUT2D eigenvalue weighted by Gasteiger charge is 2.17. The quantitative estimate of drug-likeness (QED) is 0.492. The lowest BCUT2D eigenvalue weighted by Crippen LogP contribution is -2.19. The van der Waals surface area contributed by atoms with Crippen LogP contribution in [0.2, 0.25) is 0 Å². The van der Waals surface area contributed by atoms with E-state index in [1.54, 1.807) is 50.2 Å². The van der Waals surface area contributed by atoms with Gasteiger partial charge in [0.05, 0.1) is 23.0 Å². The normalized spacial score (nSPS) is 11.4. The minimum atomic E-state index is -0.486. The van der Waals surface area contributed by atoms with Crippen molar-refractivity contribution >= 4 is 23.3 Å². The van der Waals surface area contributed by atoms with Crippen LogP contribution in [-0.2, 0) is 9.53 Å². The van der Waals surface area contributed by atoms with Gasteiger partial charge in [-0.25, -0.2) is 4.79 Å². The van der Waals surface area contributed by atoms with Gasteiger partial charge in [0.2, 0.25) is 5.91 Å². The molecule has 0 aliphatic heterocycles. The van der Waals surface area contributed by atoms with Crippen LogP contribution in [0.3, 0.4) is 0 Å². The Balaban J connectivity index is 2.03. The van der Waals surface area contributed by atoms with E-state index in [2.05, 4.69) is 5.32 Å². The summed E-state index contributed by atoms with van der Waals surface area (Å²) < 4.78 is 4.90. The molecule has 7 heteroatoms. The SMILES string of the molecule is CCOC(=O)c1ccc(NC(=O)C(C)c2ccc([N+](=O)[O-])cc2)cc1. The van der Waals surface area contributed by atoms with E-state index in [0.717, 1.165) is 0 Å². The first kappa shape index (κ1) is 18.1. The second kappa shape index (κ2) is 8.05. The number of carbonyl (C=O) groups is 2. The van der Waals surface area contributed by atoms with Gasteiger partial charge in [0.1, 0.15) is 0 Å². The molecule has 1 atom stereocenters. The van der Waals surface area contributed by atoms with Gasteiger partial charge in [-0.1, -0.05) is 12.1 Å². The second-order valence-corrected chi connectivity index (χ2v) is 5.36. The van der Waals surface area contributed by atoms with Crippen molar-refractivity contribution in [1.29, 1.82) is 0 Å². The average Bonchev–Trinajstić information content (AvgIpc) is 2.62. The van der Waals surface area contributed by atoms with Gasteiger partial charge in [0.25, 0.3) is 5.69 Å². The maximum Gasteiger partial charge on any atom is 0.338 e. The summed E-state index contributed by atoms with van der Waals surface area (Å²) in [6.45, 7) is 3.74. The topological polar surface area (TPSA) is 98.5 Å². The summed E-state index contributed by atoms with van der Waals surface area (Å²) in [6.07, 6.45) is 0. The van der Waals surface area contributed by atoms with Gasteiger partial charge in [-0.05, 0) is 43.7 Å². The molecule has 0 fully saturated rings. The van der Waals surface area contributed by atoms with Crippen molar-refractivity contribution in [3.8, 4) is 0 Å². The number of non-ortho nitro benzene ring substituents is 1. The standard InChI is InChI=1S/C18H18N2O5/c1-3-25-18(22)14-4-8-15(9-5-14)19-17(21)12(2)13-6-10-16(11-7-13)20(23)24/h4-12H,3H2,1-2H3,(H,19,21). The van der Waals surface area contributed by atoms with E-state index in [0.29, 0.717) is 23.4 Å². The largest absolute Gasteiger partial charge is 0.462 e. The van der Waals surface area contributed by atoms with Crippen molar-refractivity contribution in [2.45, 2.75) is 19.8 Å². The van der Waals surface area contributed by atoms with Crippen LogP contribution in [0, 0.1) is 10.1 Å². The smallest absolute Gasteiger partial charge is 0.338 e. The fraction of sp³-hybridized carbons (Fsp3) is 0.222. The van der Waals surface area contributed by atoms with Crippen molar-refractivity contribution < 1.29 is 19.2 Å². The van der Waals surface area contributed by atoms with E-state index >= 15 is 0 Å². The Bertz CT molecular complexity index is 769. The van der Waals surface area contributed by atoms with Crippen molar-refractivity contribution in [1.82, 2.24) is 0 Å². The first-order valence-electron chi connectivity index (χ1n) is 7.74. The van der Waals surface area contributed by atoms with Crippen LogP contribution in [0.15, 0.2) is 48.5 Å². The third-order valence-electron chi connectivity index (χ3n) is 3.66. The summed E-state index contributed by atoms with van der Waals surface area (Å²) >= 11 is 0. The van der Waals surface area contributed by atoms with E-state index in [-0.39, 0.29) is 11.6 Å². The van der Waals surface area contributed by atoms with E-state index in [9.17, 15) is 19.7 Å². The number of nitrogens with one attached hydrogen (secondary N) is 1. The monoisotopic (exact) mass is 342 g/mol. The Kier molecular flexibility index (Phi) is 5.84. The van der Waals surface area contributed by atoms with E-state index in [1.807, 2.05) is 0 Å². The molecule has 2 rings (SSSR count). The number of anilines is 1. The molecule has 7 nitrogen and oxygen atoms in total. The zero-order chi connectivity index (χ0) is 18.4. The van der Waals surface area contributed by atoms with Gasteiger partial charge in [-0.3, -0.25) is 14.9 Å². The molecule has 1 N–H and O–H groups in total. The van der Waals surface area contributed by atoms with Crippen LogP contribution in [0.25, 0.3) is 0 Å². The fourth-order valence-corrected chi connectivity index (χ4v) is 2.19. The Labute approximate surface area is 144 Å². The molecule has 2 aromatic rings. The molecule has 0 saturated carbocycles. The highest BCUT2D eigenvalue weighted by atomic mass is 16.6. The molecule has 0 radical (unpaired) electrons. The number of ether oxygens (including phenoxy) is 1. The lowest BCUT2D eigenvalue weighted by atomic mass is 10.00. The predicted octanol–water partition coefficient (Wildman–Crippen LogP) is 3.51. The molecule has 0 aliphatic carbocycles. The van der Waals surface area contributed by atoms with Crippen LogP contribution >= 0.6 is 0 Å². The number of hydrogen-bond acceptors (Lipinski definition) is 5. The van der Waals surface area contributed by atoms with Gasteiger partial charge in [0, 0.05) is 17.8 Å². The average molecular weight is 342 g/mol. The summed E-state index contributed by atoms with van der Waals surface area (Å²) in [4.78, 5) is 34.1. The second-order valence-electron chi connectivity index (χ2n) is 5.36. The molecule has 2 aromatic carbocycles. The van der Waals surface area contributed by atoms with Crippen molar-refractivity contribution in [2.24, 2.45) is 0 Å². The van der Waals surface area contributed by atoms with Gasteiger partial charge >= 0.3 is 5.97 Å². The lowest BCUT2D eigenvalue weighted by Gasteiger charge is -2.13. The maximum atomic E-state index is 12.3. The molecule has 1 unspecified atom stereocenters. The lowest BCUT2D eigenvalue weighted by molar-refractivity contribution is -0.384. The molecule has 0 aliphatic rings. The van der Waals surface area contributed by atoms with Crippen molar-refractivity contribution in [3.63, 3.8) is 0 Å². The Morgan fingerprint density at radius 3 is 2.24 bits per heavy atom. The van der Waals surface area contributed by atoms with E-state index in [1.165, 1.54) is 12.1 Å². The number of esters is 1. The number of hydrogen-bond donors (Lipinski definition) is 1. The van der Waals surface area contributed by atoms with Gasteiger partial charge in [0.15, 0.2) is 0 Å². The number of amides is 1. The van der Waals surface area contributed by atoms with E-state index < -0.39 is 16.8 Å². The molecule has 0 heterocycles. The highest BCUT2D eigenvalue weighted by Crippen LogP contribution is 2.21. The van der Waals surface area contributed by atoms with Crippen LogP contribution in [0.4, 0.5) is 11.4 Å².